The highest BCUT2D eigenvalue weighted by Crippen LogP contribution is 2.18. The van der Waals surface area contributed by atoms with Crippen molar-refractivity contribution in [3.63, 3.8) is 0 Å². The van der Waals surface area contributed by atoms with Crippen LogP contribution in [0.2, 0.25) is 0 Å². The number of carbonyl (C=O) groups is 2. The van der Waals surface area contributed by atoms with Crippen molar-refractivity contribution >= 4 is 11.6 Å². The van der Waals surface area contributed by atoms with Crippen LogP contribution in [0.5, 0.6) is 0 Å². The molecule has 0 fully saturated rings. The molecule has 0 saturated carbocycles. The number of rotatable bonds is 4. The van der Waals surface area contributed by atoms with E-state index in [0.29, 0.717) is 24.0 Å². The zero-order valence-electron chi connectivity index (χ0n) is 8.38. The highest BCUT2D eigenvalue weighted by molar-refractivity contribution is 6.19. The summed E-state index contributed by atoms with van der Waals surface area (Å²) in [6, 6.07) is 0. The first-order chi connectivity index (χ1) is 6.69. The van der Waals surface area contributed by atoms with Gasteiger partial charge in [-0.25, -0.2) is 0 Å². The van der Waals surface area contributed by atoms with Gasteiger partial charge in [-0.05, 0) is 25.0 Å². The van der Waals surface area contributed by atoms with Gasteiger partial charge in [0.1, 0.15) is 0 Å². The minimum Gasteiger partial charge on any atom is -0.290 e. The normalized spacial score (nSPS) is 16.4. The van der Waals surface area contributed by atoms with E-state index < -0.39 is 0 Å². The van der Waals surface area contributed by atoms with Gasteiger partial charge < -0.3 is 0 Å². The van der Waals surface area contributed by atoms with E-state index in [1.54, 1.807) is 6.08 Å². The summed E-state index contributed by atoms with van der Waals surface area (Å²) in [7, 11) is 0. The summed E-state index contributed by atoms with van der Waals surface area (Å²) in [6.45, 7) is 5.53. The van der Waals surface area contributed by atoms with Crippen molar-refractivity contribution in [2.45, 2.75) is 26.2 Å². The molecule has 14 heavy (non-hydrogen) atoms. The van der Waals surface area contributed by atoms with Crippen LogP contribution in [0, 0.1) is 0 Å². The van der Waals surface area contributed by atoms with E-state index in [4.69, 9.17) is 0 Å². The molecule has 0 atom stereocenters. The fourth-order valence-electron chi connectivity index (χ4n) is 1.42. The molecule has 0 radical (unpaired) electrons. The lowest BCUT2D eigenvalue weighted by Crippen LogP contribution is -2.12. The van der Waals surface area contributed by atoms with Gasteiger partial charge in [-0.2, -0.15) is 0 Å². The molecular formula is C12H14O2. The van der Waals surface area contributed by atoms with Gasteiger partial charge in [-0.1, -0.05) is 19.4 Å². The van der Waals surface area contributed by atoms with Crippen LogP contribution < -0.4 is 0 Å². The van der Waals surface area contributed by atoms with Crippen molar-refractivity contribution in [3.8, 4) is 0 Å². The van der Waals surface area contributed by atoms with Crippen LogP contribution in [0.1, 0.15) is 26.2 Å². The van der Waals surface area contributed by atoms with Crippen LogP contribution in [0.25, 0.3) is 0 Å². The first-order valence-corrected chi connectivity index (χ1v) is 4.79. The largest absolute Gasteiger partial charge is 0.290 e. The third-order valence-corrected chi connectivity index (χ3v) is 2.13. The van der Waals surface area contributed by atoms with Gasteiger partial charge in [0.15, 0.2) is 11.6 Å². The molecule has 0 heterocycles. The number of ketones is 2. The molecule has 0 amide bonds. The topological polar surface area (TPSA) is 34.1 Å². The zero-order valence-corrected chi connectivity index (χ0v) is 8.38. The van der Waals surface area contributed by atoms with Gasteiger partial charge in [0.05, 0.1) is 0 Å². The van der Waals surface area contributed by atoms with Crippen molar-refractivity contribution in [3.05, 3.63) is 36.0 Å². The van der Waals surface area contributed by atoms with Crippen molar-refractivity contribution in [1.82, 2.24) is 0 Å². The second-order valence-electron chi connectivity index (χ2n) is 3.31. The zero-order chi connectivity index (χ0) is 10.6. The first-order valence-electron chi connectivity index (χ1n) is 4.79. The summed E-state index contributed by atoms with van der Waals surface area (Å²) < 4.78 is 0. The Hall–Kier alpha value is -1.44. The van der Waals surface area contributed by atoms with Crippen molar-refractivity contribution in [1.29, 1.82) is 0 Å². The Morgan fingerprint density at radius 1 is 1.21 bits per heavy atom. The highest BCUT2D eigenvalue weighted by Gasteiger charge is 2.18. The van der Waals surface area contributed by atoms with Gasteiger partial charge in [-0.3, -0.25) is 9.59 Å². The predicted molar refractivity (Wildman–Crippen MR) is 55.9 cm³/mol. The lowest BCUT2D eigenvalue weighted by atomic mass is 9.93. The molecule has 0 bridgehead atoms. The Bertz CT molecular complexity index is 332. The molecule has 2 nitrogen and oxygen atoms in total. The Morgan fingerprint density at radius 3 is 2.36 bits per heavy atom. The lowest BCUT2D eigenvalue weighted by molar-refractivity contribution is -0.115. The van der Waals surface area contributed by atoms with E-state index in [1.165, 1.54) is 12.2 Å². The number of hydrogen-bond donors (Lipinski definition) is 0. The standard InChI is InChI=1S/C12H14O2/c1-3-5-9-7-12(14)10(6-4-2)8-11(9)13/h3,7-8H,1,4-6H2,2H3. The molecule has 0 aromatic heterocycles. The molecular weight excluding hydrogens is 176 g/mol. The summed E-state index contributed by atoms with van der Waals surface area (Å²) in [5.74, 6) is -0.0729. The molecule has 74 valence electrons. The molecule has 0 saturated heterocycles. The SMILES string of the molecule is C=CCC1=CC(=O)C(CCC)=CC1=O. The summed E-state index contributed by atoms with van der Waals surface area (Å²) in [5, 5.41) is 0. The molecule has 0 N–H and O–H groups in total. The average Bonchev–Trinajstić information content (AvgIpc) is 2.14. The van der Waals surface area contributed by atoms with E-state index >= 15 is 0 Å². The van der Waals surface area contributed by atoms with Gasteiger partial charge in [0.25, 0.3) is 0 Å². The Kier molecular flexibility index (Phi) is 3.57. The summed E-state index contributed by atoms with van der Waals surface area (Å²) >= 11 is 0. The van der Waals surface area contributed by atoms with Crippen molar-refractivity contribution < 1.29 is 9.59 Å². The molecule has 0 aromatic rings. The summed E-state index contributed by atoms with van der Waals surface area (Å²) in [5.41, 5.74) is 1.18. The molecule has 1 aliphatic carbocycles. The number of carbonyl (C=O) groups excluding carboxylic acids is 2. The quantitative estimate of drug-likeness (QED) is 0.503. The highest BCUT2D eigenvalue weighted by atomic mass is 16.1. The molecule has 0 unspecified atom stereocenters. The molecule has 1 rings (SSSR count). The number of hydrogen-bond acceptors (Lipinski definition) is 2. The Morgan fingerprint density at radius 2 is 1.79 bits per heavy atom. The monoisotopic (exact) mass is 190 g/mol. The maximum Gasteiger partial charge on any atom is 0.182 e. The van der Waals surface area contributed by atoms with E-state index in [9.17, 15) is 9.59 Å². The number of allylic oxidation sites excluding steroid dienone is 5. The second kappa shape index (κ2) is 4.70. The molecule has 1 aliphatic rings. The first kappa shape index (κ1) is 10.6. The third kappa shape index (κ3) is 2.28. The predicted octanol–water partition coefficient (Wildman–Crippen LogP) is 2.37. The fourth-order valence-corrected chi connectivity index (χ4v) is 1.42. The summed E-state index contributed by atoms with van der Waals surface area (Å²) in [6.07, 6.45) is 6.58. The minimum atomic E-state index is -0.0482. The minimum absolute atomic E-state index is 0.0247. The van der Waals surface area contributed by atoms with Crippen molar-refractivity contribution in [2.24, 2.45) is 0 Å². The lowest BCUT2D eigenvalue weighted by Gasteiger charge is -2.09. The van der Waals surface area contributed by atoms with Gasteiger partial charge in [-0.15, -0.1) is 6.58 Å². The van der Waals surface area contributed by atoms with Gasteiger partial charge >= 0.3 is 0 Å². The van der Waals surface area contributed by atoms with Gasteiger partial charge in [0, 0.05) is 11.1 Å². The molecule has 0 spiro atoms. The molecule has 0 aromatic carbocycles. The maximum atomic E-state index is 11.5. The van der Waals surface area contributed by atoms with Crippen LogP contribution in [-0.2, 0) is 9.59 Å². The van der Waals surface area contributed by atoms with Gasteiger partial charge in [0.2, 0.25) is 0 Å². The fraction of sp³-hybridized carbons (Fsp3) is 0.333. The van der Waals surface area contributed by atoms with E-state index in [2.05, 4.69) is 6.58 Å². The summed E-state index contributed by atoms with van der Waals surface area (Å²) in [4.78, 5) is 23.0. The molecule has 0 aliphatic heterocycles. The molecule has 2 heteroatoms. The van der Waals surface area contributed by atoms with Crippen LogP contribution in [0.3, 0.4) is 0 Å². The van der Waals surface area contributed by atoms with E-state index in [0.717, 1.165) is 6.42 Å². The maximum absolute atomic E-state index is 11.5. The van der Waals surface area contributed by atoms with Crippen molar-refractivity contribution in [2.75, 3.05) is 0 Å². The van der Waals surface area contributed by atoms with Crippen LogP contribution in [0.4, 0.5) is 0 Å². The Balaban J connectivity index is 2.84. The van der Waals surface area contributed by atoms with E-state index in [1.807, 2.05) is 6.92 Å². The van der Waals surface area contributed by atoms with Crippen LogP contribution >= 0.6 is 0 Å². The Labute approximate surface area is 84.0 Å². The average molecular weight is 190 g/mol. The third-order valence-electron chi connectivity index (χ3n) is 2.13. The second-order valence-corrected chi connectivity index (χ2v) is 3.31. The van der Waals surface area contributed by atoms with E-state index in [-0.39, 0.29) is 11.6 Å². The van der Waals surface area contributed by atoms with Crippen LogP contribution in [0.15, 0.2) is 36.0 Å². The van der Waals surface area contributed by atoms with Crippen LogP contribution in [-0.4, -0.2) is 11.6 Å². The smallest absolute Gasteiger partial charge is 0.182 e.